The summed E-state index contributed by atoms with van der Waals surface area (Å²) in [5.41, 5.74) is 1.12. The maximum Gasteiger partial charge on any atom is 0.208 e. The molecule has 2 aliphatic rings. The molecule has 0 bridgehead atoms. The number of anilines is 2. The van der Waals surface area contributed by atoms with E-state index in [1.54, 1.807) is 6.92 Å². The van der Waals surface area contributed by atoms with E-state index in [1.165, 1.54) is 6.33 Å². The van der Waals surface area contributed by atoms with Gasteiger partial charge >= 0.3 is 0 Å². The lowest BCUT2D eigenvalue weighted by molar-refractivity contribution is -0.117. The second-order valence-corrected chi connectivity index (χ2v) is 8.29. The molecule has 0 radical (unpaired) electrons. The molecule has 0 unspecified atom stereocenters. The predicted octanol–water partition coefficient (Wildman–Crippen LogP) is 3.19. The van der Waals surface area contributed by atoms with E-state index in [2.05, 4.69) is 9.97 Å². The van der Waals surface area contributed by atoms with Gasteiger partial charge in [0.1, 0.15) is 24.0 Å². The molecule has 1 aromatic heterocycles. The van der Waals surface area contributed by atoms with Crippen molar-refractivity contribution in [3.8, 4) is 5.75 Å². The van der Waals surface area contributed by atoms with E-state index < -0.39 is 0 Å². The molecule has 3 heterocycles. The van der Waals surface area contributed by atoms with Crippen molar-refractivity contribution in [3.63, 3.8) is 0 Å². The lowest BCUT2D eigenvalue weighted by Crippen LogP contribution is -2.38. The molecule has 2 aliphatic heterocycles. The second-order valence-electron chi connectivity index (χ2n) is 8.29. The van der Waals surface area contributed by atoms with Crippen LogP contribution in [0.15, 0.2) is 30.6 Å². The molecule has 1 aromatic carbocycles. The molecular weight excluding hydrogens is 399 g/mol. The maximum absolute atomic E-state index is 15.2. The molecule has 4 rings (SSSR count). The van der Waals surface area contributed by atoms with E-state index in [4.69, 9.17) is 9.47 Å². The van der Waals surface area contributed by atoms with Crippen molar-refractivity contribution in [3.05, 3.63) is 42.0 Å². The largest absolute Gasteiger partial charge is 0.489 e. The van der Waals surface area contributed by atoms with Gasteiger partial charge < -0.3 is 24.1 Å². The van der Waals surface area contributed by atoms with Crippen LogP contribution in [0.2, 0.25) is 0 Å². The monoisotopic (exact) mass is 428 g/mol. The number of aromatic nitrogens is 2. The minimum atomic E-state index is -0.381. The van der Waals surface area contributed by atoms with Crippen molar-refractivity contribution in [2.45, 2.75) is 38.7 Å². The van der Waals surface area contributed by atoms with Gasteiger partial charge in [-0.1, -0.05) is 19.1 Å². The van der Waals surface area contributed by atoms with Gasteiger partial charge in [0.25, 0.3) is 0 Å². The zero-order valence-electron chi connectivity index (χ0n) is 18.1. The Hall–Kier alpha value is -2.74. The van der Waals surface area contributed by atoms with Crippen LogP contribution in [0.25, 0.3) is 0 Å². The van der Waals surface area contributed by atoms with Crippen molar-refractivity contribution in [1.82, 2.24) is 9.97 Å². The average Bonchev–Trinajstić information content (AvgIpc) is 3.22. The van der Waals surface area contributed by atoms with Crippen LogP contribution in [0.3, 0.4) is 0 Å². The number of nitrogens with zero attached hydrogens (tertiary/aromatic N) is 4. The molecule has 7 nitrogen and oxygen atoms in total. The Morgan fingerprint density at radius 3 is 2.52 bits per heavy atom. The Morgan fingerprint density at radius 2 is 1.84 bits per heavy atom. The number of rotatable bonds is 7. The van der Waals surface area contributed by atoms with E-state index in [9.17, 15) is 4.79 Å². The van der Waals surface area contributed by atoms with Gasteiger partial charge in [0.15, 0.2) is 11.6 Å². The molecule has 2 fully saturated rings. The Kier molecular flexibility index (Phi) is 6.65. The fourth-order valence-corrected chi connectivity index (χ4v) is 4.20. The summed E-state index contributed by atoms with van der Waals surface area (Å²) in [6.45, 7) is 7.31. The van der Waals surface area contributed by atoms with Crippen molar-refractivity contribution in [2.75, 3.05) is 49.2 Å². The summed E-state index contributed by atoms with van der Waals surface area (Å²) in [6.07, 6.45) is 2.72. The van der Waals surface area contributed by atoms with Gasteiger partial charge in [-0.25, -0.2) is 9.97 Å². The number of hydrogen-bond acceptors (Lipinski definition) is 7. The number of ketones is 1. The highest BCUT2D eigenvalue weighted by Crippen LogP contribution is 2.29. The average molecular weight is 429 g/mol. The first-order valence-corrected chi connectivity index (χ1v) is 10.9. The van der Waals surface area contributed by atoms with Gasteiger partial charge in [0.05, 0.1) is 19.8 Å². The summed E-state index contributed by atoms with van der Waals surface area (Å²) < 4.78 is 26.6. The van der Waals surface area contributed by atoms with E-state index >= 15 is 4.39 Å². The second kappa shape index (κ2) is 9.60. The summed E-state index contributed by atoms with van der Waals surface area (Å²) >= 11 is 0. The van der Waals surface area contributed by atoms with Crippen LogP contribution in [0.5, 0.6) is 5.75 Å². The quantitative estimate of drug-likeness (QED) is 0.671. The fraction of sp³-hybridized carbons (Fsp3) is 0.522. The molecule has 2 saturated heterocycles. The molecule has 0 saturated carbocycles. The summed E-state index contributed by atoms with van der Waals surface area (Å²) in [6, 6.07) is 7.90. The van der Waals surface area contributed by atoms with Crippen molar-refractivity contribution in [2.24, 2.45) is 0 Å². The van der Waals surface area contributed by atoms with Gasteiger partial charge in [-0.05, 0) is 30.5 Å². The zero-order valence-corrected chi connectivity index (χ0v) is 18.1. The van der Waals surface area contributed by atoms with Crippen LogP contribution in [0, 0.1) is 5.82 Å². The van der Waals surface area contributed by atoms with Crippen LogP contribution >= 0.6 is 0 Å². The van der Waals surface area contributed by atoms with E-state index in [-0.39, 0.29) is 23.6 Å². The minimum Gasteiger partial charge on any atom is -0.489 e. The van der Waals surface area contributed by atoms with Crippen LogP contribution in [0.1, 0.15) is 38.2 Å². The Bertz CT molecular complexity index is 902. The number of ether oxygens (including phenoxy) is 2. The predicted molar refractivity (Wildman–Crippen MR) is 116 cm³/mol. The molecule has 8 heteroatoms. The van der Waals surface area contributed by atoms with E-state index in [1.807, 2.05) is 41.0 Å². The van der Waals surface area contributed by atoms with Crippen LogP contribution in [0.4, 0.5) is 16.0 Å². The number of carbonyl (C=O) groups is 1. The zero-order chi connectivity index (χ0) is 21.8. The summed E-state index contributed by atoms with van der Waals surface area (Å²) in [5.74, 6) is 1.45. The van der Waals surface area contributed by atoms with Crippen LogP contribution < -0.4 is 14.5 Å². The van der Waals surface area contributed by atoms with Gasteiger partial charge in [-0.15, -0.1) is 0 Å². The number of Topliss-reactive ketones (excluding diaryl/α,β-unsaturated/α-hetero) is 1. The minimum absolute atomic E-state index is 0.0401. The Morgan fingerprint density at radius 1 is 1.16 bits per heavy atom. The number of carbonyl (C=O) groups excluding carboxylic acids is 1. The van der Waals surface area contributed by atoms with Crippen molar-refractivity contribution in [1.29, 1.82) is 0 Å². The number of halogens is 1. The first-order valence-electron chi connectivity index (χ1n) is 10.9. The lowest BCUT2D eigenvalue weighted by atomic mass is 9.96. The Labute approximate surface area is 182 Å². The molecule has 0 spiro atoms. The van der Waals surface area contributed by atoms with Crippen LogP contribution in [-0.2, 0) is 9.53 Å². The third-order valence-electron chi connectivity index (χ3n) is 5.85. The first kappa shape index (κ1) is 21.5. The third kappa shape index (κ3) is 5.12. The van der Waals surface area contributed by atoms with Crippen molar-refractivity contribution >= 4 is 17.4 Å². The van der Waals surface area contributed by atoms with Crippen LogP contribution in [-0.4, -0.2) is 61.2 Å². The molecule has 166 valence electrons. The lowest BCUT2D eigenvalue weighted by Gasteiger charge is -2.29. The fourth-order valence-electron chi connectivity index (χ4n) is 4.20. The normalized spacial score (nSPS) is 20.0. The highest BCUT2D eigenvalue weighted by atomic mass is 19.1. The van der Waals surface area contributed by atoms with E-state index in [0.717, 1.165) is 17.7 Å². The van der Waals surface area contributed by atoms with Gasteiger partial charge in [-0.3, -0.25) is 0 Å². The van der Waals surface area contributed by atoms with Gasteiger partial charge in [0.2, 0.25) is 5.82 Å². The molecule has 0 N–H and O–H groups in total. The summed E-state index contributed by atoms with van der Waals surface area (Å²) in [5, 5.41) is 0. The number of benzene rings is 1. The topological polar surface area (TPSA) is 67.8 Å². The highest BCUT2D eigenvalue weighted by Gasteiger charge is 2.29. The summed E-state index contributed by atoms with van der Waals surface area (Å²) in [7, 11) is 0. The Balaban J connectivity index is 1.38. The van der Waals surface area contributed by atoms with E-state index in [0.29, 0.717) is 57.4 Å². The highest BCUT2D eigenvalue weighted by molar-refractivity contribution is 5.76. The summed E-state index contributed by atoms with van der Waals surface area (Å²) in [4.78, 5) is 23.5. The first-order chi connectivity index (χ1) is 15.0. The maximum atomic E-state index is 15.2. The number of hydrogen-bond donors (Lipinski definition) is 0. The molecule has 2 atom stereocenters. The third-order valence-corrected chi connectivity index (χ3v) is 5.85. The number of morpholine rings is 1. The van der Waals surface area contributed by atoms with Gasteiger partial charge in [-0.2, -0.15) is 4.39 Å². The molecule has 31 heavy (non-hydrogen) atoms. The smallest absolute Gasteiger partial charge is 0.208 e. The standard InChI is InChI=1S/C23H29FN4O3/c1-16(13-17(2)29)18-3-5-19(6-4-18)31-20-7-8-28(14-20)23-21(24)22(25-15-26-23)27-9-11-30-12-10-27/h3-6,15-16,20H,7-14H2,1-2H3/t16-,20-/m1/s1. The van der Waals surface area contributed by atoms with Gasteiger partial charge in [0, 0.05) is 32.5 Å². The molecule has 0 aliphatic carbocycles. The molecular formula is C23H29FN4O3. The van der Waals surface area contributed by atoms with Crippen molar-refractivity contribution < 1.29 is 18.7 Å². The molecule has 2 aromatic rings. The SMILES string of the molecule is CC(=O)C[C@@H](C)c1ccc(O[C@@H]2CCN(c3ncnc(N4CCOCC4)c3F)C2)cc1. The molecule has 0 amide bonds.